The maximum atomic E-state index is 12.8. The summed E-state index contributed by atoms with van der Waals surface area (Å²) in [4.78, 5) is 19.8. The highest BCUT2D eigenvalue weighted by Gasteiger charge is 2.27. The monoisotopic (exact) mass is 421 g/mol. The minimum Gasteiger partial charge on any atom is -0.373 e. The first-order valence-electron chi connectivity index (χ1n) is 11.1. The third kappa shape index (κ3) is 4.48. The molecule has 1 aliphatic rings. The molecule has 0 bridgehead atoms. The van der Waals surface area contributed by atoms with Crippen LogP contribution in [0.5, 0.6) is 0 Å². The van der Waals surface area contributed by atoms with Crippen LogP contribution >= 0.6 is 0 Å². The number of aryl methyl sites for hydroxylation is 2. The lowest BCUT2D eigenvalue weighted by atomic mass is 9.96. The van der Waals surface area contributed by atoms with Gasteiger partial charge in [-0.2, -0.15) is 5.10 Å². The Kier molecular flexibility index (Phi) is 6.34. The normalized spacial score (nSPS) is 19.1. The third-order valence-electron chi connectivity index (χ3n) is 6.15. The molecule has 0 unspecified atom stereocenters. The standard InChI is InChI=1S/C24H31N5O2/c1-5-28(6-2)20-11-12-31-22(14-20)18-7-9-19(10-8-18)27-24(30)21-15-25-29-17(4)13-16(3)26-23(21)29/h7-10,13,15,20,22H,5-6,11-12,14H2,1-4H3,(H,27,30)/t20-,22+/m1/s1. The van der Waals surface area contributed by atoms with Gasteiger partial charge in [0.2, 0.25) is 0 Å². The Morgan fingerprint density at radius 1 is 1.23 bits per heavy atom. The van der Waals surface area contributed by atoms with Crippen LogP contribution in [-0.2, 0) is 4.74 Å². The molecule has 0 spiro atoms. The maximum Gasteiger partial charge on any atom is 0.261 e. The summed E-state index contributed by atoms with van der Waals surface area (Å²) < 4.78 is 7.74. The summed E-state index contributed by atoms with van der Waals surface area (Å²) in [6, 6.07) is 10.5. The summed E-state index contributed by atoms with van der Waals surface area (Å²) in [6.45, 7) is 11.2. The zero-order valence-electron chi connectivity index (χ0n) is 18.8. The van der Waals surface area contributed by atoms with Gasteiger partial charge in [0.1, 0.15) is 5.56 Å². The number of ether oxygens (including phenoxy) is 1. The van der Waals surface area contributed by atoms with E-state index in [0.717, 1.165) is 55.2 Å². The minimum absolute atomic E-state index is 0.0962. The van der Waals surface area contributed by atoms with Crippen LogP contribution in [0.25, 0.3) is 5.65 Å². The Bertz CT molecular complexity index is 1060. The Balaban J connectivity index is 1.46. The SMILES string of the molecule is CCN(CC)[C@@H]1CCO[C@H](c2ccc(NC(=O)c3cnn4c(C)cc(C)nc34)cc2)C1. The molecule has 0 saturated carbocycles. The number of benzene rings is 1. The number of nitrogens with one attached hydrogen (secondary N) is 1. The molecule has 0 aliphatic carbocycles. The number of amides is 1. The van der Waals surface area contributed by atoms with E-state index >= 15 is 0 Å². The summed E-state index contributed by atoms with van der Waals surface area (Å²) in [5.41, 5.74) is 4.74. The van der Waals surface area contributed by atoms with Crippen molar-refractivity contribution in [2.45, 2.75) is 52.7 Å². The summed E-state index contributed by atoms with van der Waals surface area (Å²) in [7, 11) is 0. The molecule has 4 rings (SSSR count). The van der Waals surface area contributed by atoms with E-state index in [0.29, 0.717) is 17.3 Å². The van der Waals surface area contributed by atoms with Gasteiger partial charge in [-0.3, -0.25) is 4.79 Å². The molecule has 31 heavy (non-hydrogen) atoms. The first-order chi connectivity index (χ1) is 15.0. The molecule has 1 fully saturated rings. The molecule has 2 aromatic heterocycles. The second kappa shape index (κ2) is 9.16. The van der Waals surface area contributed by atoms with Gasteiger partial charge >= 0.3 is 0 Å². The van der Waals surface area contributed by atoms with Gasteiger partial charge < -0.3 is 15.0 Å². The molecular weight excluding hydrogens is 390 g/mol. The van der Waals surface area contributed by atoms with E-state index in [1.54, 1.807) is 10.7 Å². The zero-order valence-corrected chi connectivity index (χ0v) is 18.8. The van der Waals surface area contributed by atoms with E-state index in [1.807, 2.05) is 44.2 Å². The van der Waals surface area contributed by atoms with E-state index in [1.165, 1.54) is 0 Å². The summed E-state index contributed by atoms with van der Waals surface area (Å²) >= 11 is 0. The lowest BCUT2D eigenvalue weighted by molar-refractivity contribution is -0.0265. The van der Waals surface area contributed by atoms with Crippen LogP contribution in [0.1, 0.15) is 60.1 Å². The van der Waals surface area contributed by atoms with Crippen LogP contribution < -0.4 is 5.32 Å². The molecule has 2 atom stereocenters. The highest BCUT2D eigenvalue weighted by Crippen LogP contribution is 2.31. The van der Waals surface area contributed by atoms with Crippen molar-refractivity contribution >= 4 is 17.2 Å². The van der Waals surface area contributed by atoms with Crippen molar-refractivity contribution in [1.29, 1.82) is 0 Å². The first kappa shape index (κ1) is 21.5. The Morgan fingerprint density at radius 3 is 2.68 bits per heavy atom. The lowest BCUT2D eigenvalue weighted by Gasteiger charge is -2.36. The average molecular weight is 422 g/mol. The van der Waals surface area contributed by atoms with E-state index in [4.69, 9.17) is 4.74 Å². The Labute approximate surface area is 183 Å². The van der Waals surface area contributed by atoms with E-state index in [2.05, 4.69) is 34.1 Å². The predicted octanol–water partition coefficient (Wildman–Crippen LogP) is 4.16. The molecule has 7 heteroatoms. The van der Waals surface area contributed by atoms with Gasteiger partial charge in [0.05, 0.1) is 12.3 Å². The maximum absolute atomic E-state index is 12.8. The van der Waals surface area contributed by atoms with Crippen molar-refractivity contribution in [3.8, 4) is 0 Å². The molecule has 1 aliphatic heterocycles. The van der Waals surface area contributed by atoms with Crippen molar-refractivity contribution < 1.29 is 9.53 Å². The molecule has 3 heterocycles. The number of fused-ring (bicyclic) bond motifs is 1. The summed E-state index contributed by atoms with van der Waals surface area (Å²) in [6.07, 6.45) is 3.75. The predicted molar refractivity (Wildman–Crippen MR) is 121 cm³/mol. The van der Waals surface area contributed by atoms with Crippen LogP contribution in [-0.4, -0.2) is 51.1 Å². The molecule has 164 valence electrons. The quantitative estimate of drug-likeness (QED) is 0.647. The van der Waals surface area contributed by atoms with Gasteiger partial charge in [-0.25, -0.2) is 9.50 Å². The van der Waals surface area contributed by atoms with Crippen molar-refractivity contribution in [2.75, 3.05) is 25.0 Å². The number of carbonyl (C=O) groups excluding carboxylic acids is 1. The molecule has 0 radical (unpaired) electrons. The highest BCUT2D eigenvalue weighted by atomic mass is 16.5. The average Bonchev–Trinajstić information content (AvgIpc) is 3.20. The first-order valence-corrected chi connectivity index (χ1v) is 11.1. The number of hydrogen-bond donors (Lipinski definition) is 1. The topological polar surface area (TPSA) is 71.8 Å². The molecule has 1 N–H and O–H groups in total. The van der Waals surface area contributed by atoms with Crippen LogP contribution in [0.3, 0.4) is 0 Å². The van der Waals surface area contributed by atoms with Gasteiger partial charge in [-0.1, -0.05) is 26.0 Å². The minimum atomic E-state index is -0.212. The van der Waals surface area contributed by atoms with Gasteiger partial charge in [0, 0.05) is 29.7 Å². The summed E-state index contributed by atoms with van der Waals surface area (Å²) in [5.74, 6) is -0.212. The smallest absolute Gasteiger partial charge is 0.261 e. The second-order valence-corrected chi connectivity index (χ2v) is 8.17. The van der Waals surface area contributed by atoms with Crippen LogP contribution in [0.2, 0.25) is 0 Å². The largest absolute Gasteiger partial charge is 0.373 e. The van der Waals surface area contributed by atoms with Crippen molar-refractivity contribution in [3.05, 3.63) is 59.0 Å². The molecule has 1 saturated heterocycles. The second-order valence-electron chi connectivity index (χ2n) is 8.17. The Morgan fingerprint density at radius 2 is 1.97 bits per heavy atom. The van der Waals surface area contributed by atoms with Gasteiger partial charge in [-0.15, -0.1) is 0 Å². The fourth-order valence-corrected chi connectivity index (χ4v) is 4.49. The van der Waals surface area contributed by atoms with Crippen molar-refractivity contribution in [3.63, 3.8) is 0 Å². The van der Waals surface area contributed by atoms with Crippen molar-refractivity contribution in [1.82, 2.24) is 19.5 Å². The van der Waals surface area contributed by atoms with Gasteiger partial charge in [0.25, 0.3) is 5.91 Å². The molecule has 1 aromatic carbocycles. The Hall–Kier alpha value is -2.77. The fourth-order valence-electron chi connectivity index (χ4n) is 4.49. The van der Waals surface area contributed by atoms with Crippen LogP contribution in [0, 0.1) is 13.8 Å². The third-order valence-corrected chi connectivity index (χ3v) is 6.15. The van der Waals surface area contributed by atoms with E-state index in [9.17, 15) is 4.79 Å². The number of nitrogens with zero attached hydrogens (tertiary/aromatic N) is 4. The van der Waals surface area contributed by atoms with Crippen molar-refractivity contribution in [2.24, 2.45) is 0 Å². The number of rotatable bonds is 6. The van der Waals surface area contributed by atoms with E-state index < -0.39 is 0 Å². The van der Waals surface area contributed by atoms with Crippen LogP contribution in [0.15, 0.2) is 36.5 Å². The number of carbonyl (C=O) groups is 1. The van der Waals surface area contributed by atoms with Gasteiger partial charge in [0.15, 0.2) is 5.65 Å². The number of hydrogen-bond acceptors (Lipinski definition) is 5. The number of aromatic nitrogens is 3. The molecular formula is C24H31N5O2. The molecule has 1 amide bonds. The number of anilines is 1. The van der Waals surface area contributed by atoms with E-state index in [-0.39, 0.29) is 12.0 Å². The fraction of sp³-hybridized carbons (Fsp3) is 0.458. The molecule has 3 aromatic rings. The molecule has 7 nitrogen and oxygen atoms in total. The lowest BCUT2D eigenvalue weighted by Crippen LogP contribution is -2.40. The zero-order chi connectivity index (χ0) is 22.0. The van der Waals surface area contributed by atoms with Gasteiger partial charge in [-0.05, 0) is 63.5 Å². The summed E-state index contributed by atoms with van der Waals surface area (Å²) in [5, 5.41) is 7.27. The highest BCUT2D eigenvalue weighted by molar-refractivity contribution is 6.08. The van der Waals surface area contributed by atoms with Crippen LogP contribution in [0.4, 0.5) is 5.69 Å².